The quantitative estimate of drug-likeness (QED) is 0.409. The first-order valence-corrected chi connectivity index (χ1v) is 8.18. The number of methoxy groups -OCH3 is 1. The molecule has 0 bridgehead atoms. The van der Waals surface area contributed by atoms with Gasteiger partial charge in [-0.05, 0) is 49.7 Å². The molecule has 0 N–H and O–H groups in total. The first-order chi connectivity index (χ1) is 10.7. The zero-order chi connectivity index (χ0) is 15.8. The van der Waals surface area contributed by atoms with Crippen LogP contribution in [0.2, 0.25) is 0 Å². The van der Waals surface area contributed by atoms with E-state index >= 15 is 0 Å². The third-order valence-electron chi connectivity index (χ3n) is 3.15. The van der Waals surface area contributed by atoms with Crippen molar-refractivity contribution in [3.8, 4) is 11.5 Å². The van der Waals surface area contributed by atoms with Crippen molar-refractivity contribution in [2.24, 2.45) is 0 Å². The van der Waals surface area contributed by atoms with Gasteiger partial charge in [0.25, 0.3) is 0 Å². The van der Waals surface area contributed by atoms with Crippen LogP contribution < -0.4 is 9.47 Å². The average molecular weight is 316 g/mol. The fraction of sp³-hybridized carbons (Fsp3) is 0.278. The molecule has 0 aliphatic heterocycles. The highest BCUT2D eigenvalue weighted by Crippen LogP contribution is 2.20. The van der Waals surface area contributed by atoms with Crippen LogP contribution in [0.3, 0.4) is 0 Å². The smallest absolute Gasteiger partial charge is 0.159 e. The van der Waals surface area contributed by atoms with E-state index in [2.05, 4.69) is 0 Å². The minimum absolute atomic E-state index is 0.101. The fourth-order valence-corrected chi connectivity index (χ4v) is 2.72. The molecule has 0 aromatic heterocycles. The summed E-state index contributed by atoms with van der Waals surface area (Å²) in [7, 11) is 1.65. The minimum Gasteiger partial charge on any atom is -0.497 e. The molecule has 4 heteroatoms. The van der Waals surface area contributed by atoms with Gasteiger partial charge in [-0.2, -0.15) is 0 Å². The molecular formula is C18H20O3S. The Kier molecular flexibility index (Phi) is 6.34. The van der Waals surface area contributed by atoms with Crippen molar-refractivity contribution >= 4 is 17.5 Å². The monoisotopic (exact) mass is 316 g/mol. The minimum atomic E-state index is 0.101. The van der Waals surface area contributed by atoms with Crippen molar-refractivity contribution in [2.75, 3.05) is 19.5 Å². The summed E-state index contributed by atoms with van der Waals surface area (Å²) < 4.78 is 10.8. The van der Waals surface area contributed by atoms with E-state index in [9.17, 15) is 4.79 Å². The first kappa shape index (κ1) is 16.4. The highest BCUT2D eigenvalue weighted by molar-refractivity contribution is 7.99. The van der Waals surface area contributed by atoms with Crippen LogP contribution in [0.25, 0.3) is 0 Å². The summed E-state index contributed by atoms with van der Waals surface area (Å²) >= 11 is 1.77. The van der Waals surface area contributed by atoms with E-state index in [1.54, 1.807) is 25.8 Å². The molecule has 0 radical (unpaired) electrons. The molecule has 0 saturated heterocycles. The molecule has 0 amide bonds. The van der Waals surface area contributed by atoms with Gasteiger partial charge in [-0.15, -0.1) is 11.8 Å². The van der Waals surface area contributed by atoms with Gasteiger partial charge in [-0.3, -0.25) is 4.79 Å². The van der Waals surface area contributed by atoms with Gasteiger partial charge in [-0.25, -0.2) is 0 Å². The third kappa shape index (κ3) is 5.11. The maximum Gasteiger partial charge on any atom is 0.159 e. The summed E-state index contributed by atoms with van der Waals surface area (Å²) in [5, 5.41) is 0. The van der Waals surface area contributed by atoms with Crippen LogP contribution in [0, 0.1) is 0 Å². The Morgan fingerprint density at radius 2 is 1.64 bits per heavy atom. The van der Waals surface area contributed by atoms with Crippen LogP contribution in [0.5, 0.6) is 11.5 Å². The highest BCUT2D eigenvalue weighted by atomic mass is 32.2. The molecule has 2 aromatic carbocycles. The zero-order valence-electron chi connectivity index (χ0n) is 12.9. The number of hydrogen-bond donors (Lipinski definition) is 0. The molecule has 0 atom stereocenters. The van der Waals surface area contributed by atoms with Crippen molar-refractivity contribution in [3.05, 3.63) is 54.1 Å². The van der Waals surface area contributed by atoms with E-state index in [-0.39, 0.29) is 5.78 Å². The molecule has 0 spiro atoms. The molecule has 3 nitrogen and oxygen atoms in total. The zero-order valence-corrected chi connectivity index (χ0v) is 13.7. The summed E-state index contributed by atoms with van der Waals surface area (Å²) in [4.78, 5) is 12.4. The second-order valence-electron chi connectivity index (χ2n) is 4.81. The van der Waals surface area contributed by atoms with Gasteiger partial charge in [0.2, 0.25) is 0 Å². The van der Waals surface area contributed by atoms with Gasteiger partial charge < -0.3 is 9.47 Å². The molecule has 0 heterocycles. The summed E-state index contributed by atoms with van der Waals surface area (Å²) in [5.74, 6) is 2.77. The summed E-state index contributed by atoms with van der Waals surface area (Å²) in [5.41, 5.74) is 0.757. The number of benzene rings is 2. The Morgan fingerprint density at radius 3 is 2.23 bits per heavy atom. The molecule has 0 fully saturated rings. The number of ketones is 1. The Morgan fingerprint density at radius 1 is 1.00 bits per heavy atom. The van der Waals surface area contributed by atoms with Crippen molar-refractivity contribution in [1.29, 1.82) is 0 Å². The second-order valence-corrected chi connectivity index (χ2v) is 5.97. The van der Waals surface area contributed by atoms with Crippen LogP contribution in [-0.4, -0.2) is 25.3 Å². The maximum absolute atomic E-state index is 11.2. The van der Waals surface area contributed by atoms with Crippen molar-refractivity contribution in [1.82, 2.24) is 0 Å². The van der Waals surface area contributed by atoms with Crippen molar-refractivity contribution in [2.45, 2.75) is 18.2 Å². The van der Waals surface area contributed by atoms with E-state index in [0.717, 1.165) is 29.2 Å². The Hall–Kier alpha value is -1.94. The summed E-state index contributed by atoms with van der Waals surface area (Å²) in [6.45, 7) is 2.27. The van der Waals surface area contributed by atoms with E-state index in [1.165, 1.54) is 4.90 Å². The van der Waals surface area contributed by atoms with Gasteiger partial charge in [0.1, 0.15) is 11.5 Å². The predicted octanol–water partition coefficient (Wildman–Crippen LogP) is 4.46. The van der Waals surface area contributed by atoms with E-state index < -0.39 is 0 Å². The van der Waals surface area contributed by atoms with Gasteiger partial charge in [0.05, 0.1) is 13.7 Å². The molecular weight excluding hydrogens is 296 g/mol. The standard InChI is InChI=1S/C18H20O3S/c1-14(19)15-4-10-18(11-5-15)22-13-3-12-21-17-8-6-16(20-2)7-9-17/h4-11H,3,12-13H2,1-2H3. The number of thioether (sulfide) groups is 1. The molecule has 0 aliphatic carbocycles. The van der Waals surface area contributed by atoms with Crippen LogP contribution in [-0.2, 0) is 0 Å². The molecule has 2 aromatic rings. The van der Waals surface area contributed by atoms with Gasteiger partial charge in [0, 0.05) is 16.2 Å². The number of Topliss-reactive ketones (excluding diaryl/α,β-unsaturated/α-hetero) is 1. The normalized spacial score (nSPS) is 10.3. The van der Waals surface area contributed by atoms with Crippen LogP contribution in [0.15, 0.2) is 53.4 Å². The summed E-state index contributed by atoms with van der Waals surface area (Å²) in [6.07, 6.45) is 0.963. The molecule has 22 heavy (non-hydrogen) atoms. The number of hydrogen-bond acceptors (Lipinski definition) is 4. The lowest BCUT2D eigenvalue weighted by molar-refractivity contribution is 0.101. The Bertz CT molecular complexity index is 591. The fourth-order valence-electron chi connectivity index (χ4n) is 1.90. The molecule has 0 aliphatic rings. The van der Waals surface area contributed by atoms with Crippen LogP contribution >= 0.6 is 11.8 Å². The van der Waals surface area contributed by atoms with Crippen LogP contribution in [0.1, 0.15) is 23.7 Å². The third-order valence-corrected chi connectivity index (χ3v) is 4.24. The van der Waals surface area contributed by atoms with Gasteiger partial charge in [0.15, 0.2) is 5.78 Å². The van der Waals surface area contributed by atoms with E-state index in [4.69, 9.17) is 9.47 Å². The average Bonchev–Trinajstić information content (AvgIpc) is 2.55. The molecule has 0 saturated carbocycles. The SMILES string of the molecule is COc1ccc(OCCCSc2ccc(C(C)=O)cc2)cc1. The Labute approximate surface area is 135 Å². The van der Waals surface area contributed by atoms with E-state index in [0.29, 0.717) is 6.61 Å². The highest BCUT2D eigenvalue weighted by Gasteiger charge is 2.00. The second kappa shape index (κ2) is 8.49. The van der Waals surface area contributed by atoms with Gasteiger partial charge >= 0.3 is 0 Å². The molecule has 2 rings (SSSR count). The van der Waals surface area contributed by atoms with Crippen molar-refractivity contribution in [3.63, 3.8) is 0 Å². The lowest BCUT2D eigenvalue weighted by Gasteiger charge is -2.07. The van der Waals surface area contributed by atoms with Gasteiger partial charge in [-0.1, -0.05) is 12.1 Å². The summed E-state index contributed by atoms with van der Waals surface area (Å²) in [6, 6.07) is 15.3. The first-order valence-electron chi connectivity index (χ1n) is 7.19. The number of carbonyl (C=O) groups is 1. The molecule has 116 valence electrons. The number of carbonyl (C=O) groups excluding carboxylic acids is 1. The lowest BCUT2D eigenvalue weighted by Crippen LogP contribution is -1.98. The molecule has 0 unspecified atom stereocenters. The maximum atomic E-state index is 11.2. The topological polar surface area (TPSA) is 35.5 Å². The number of rotatable bonds is 8. The van der Waals surface area contributed by atoms with Crippen LogP contribution in [0.4, 0.5) is 0 Å². The largest absolute Gasteiger partial charge is 0.497 e. The van der Waals surface area contributed by atoms with E-state index in [1.807, 2.05) is 48.5 Å². The van der Waals surface area contributed by atoms with Crippen molar-refractivity contribution < 1.29 is 14.3 Å². The number of ether oxygens (including phenoxy) is 2. The lowest BCUT2D eigenvalue weighted by atomic mass is 10.2. The predicted molar refractivity (Wildman–Crippen MR) is 90.3 cm³/mol. The Balaban J connectivity index is 1.67.